The number of furan rings is 1. The van der Waals surface area contributed by atoms with E-state index in [0.29, 0.717) is 29.2 Å². The Morgan fingerprint density at radius 1 is 0.968 bits per heavy atom. The molecule has 0 fully saturated rings. The third kappa shape index (κ3) is 4.01. The van der Waals surface area contributed by atoms with Crippen LogP contribution in [-0.4, -0.2) is 21.0 Å². The SMILES string of the molecule is O=C(NC(=S)NCc1ccc(-c2nc3ncccc3o2)cc1)c1cc2ccccc2o1. The van der Waals surface area contributed by atoms with E-state index in [1.165, 1.54) is 0 Å². The summed E-state index contributed by atoms with van der Waals surface area (Å²) in [4.78, 5) is 20.9. The molecule has 2 aromatic carbocycles. The fourth-order valence-corrected chi connectivity index (χ4v) is 3.31. The number of amides is 1. The van der Waals surface area contributed by atoms with Gasteiger partial charge in [-0.25, -0.2) is 4.98 Å². The molecule has 5 rings (SSSR count). The van der Waals surface area contributed by atoms with Crippen LogP contribution in [0.2, 0.25) is 0 Å². The zero-order valence-corrected chi connectivity index (χ0v) is 17.0. The molecular weight excluding hydrogens is 412 g/mol. The Morgan fingerprint density at radius 2 is 1.77 bits per heavy atom. The largest absolute Gasteiger partial charge is 0.451 e. The maximum absolute atomic E-state index is 12.4. The summed E-state index contributed by atoms with van der Waals surface area (Å²) in [6, 6.07) is 20.5. The van der Waals surface area contributed by atoms with E-state index in [0.717, 1.165) is 16.5 Å². The standard InChI is InChI=1S/C23H16N4O3S/c28-21(19-12-16-4-1-2-5-17(16)29-19)27-23(31)25-13-14-7-9-15(10-8-14)22-26-20-18(30-22)6-3-11-24-20/h1-12H,13H2,(H2,25,27,28,31). The fourth-order valence-electron chi connectivity index (χ4n) is 3.14. The number of rotatable bonds is 4. The average Bonchev–Trinajstić information content (AvgIpc) is 3.42. The predicted molar refractivity (Wildman–Crippen MR) is 120 cm³/mol. The molecule has 0 radical (unpaired) electrons. The van der Waals surface area contributed by atoms with Gasteiger partial charge in [0.1, 0.15) is 5.58 Å². The van der Waals surface area contributed by atoms with Crippen molar-refractivity contribution in [2.45, 2.75) is 6.54 Å². The summed E-state index contributed by atoms with van der Waals surface area (Å²) in [5.41, 5.74) is 3.71. The van der Waals surface area contributed by atoms with E-state index < -0.39 is 5.91 Å². The molecule has 2 N–H and O–H groups in total. The first-order valence-corrected chi connectivity index (χ1v) is 9.95. The highest BCUT2D eigenvalue weighted by atomic mass is 32.1. The first-order valence-electron chi connectivity index (χ1n) is 9.54. The number of nitrogens with zero attached hydrogens (tertiary/aromatic N) is 2. The van der Waals surface area contributed by atoms with Crippen LogP contribution >= 0.6 is 12.2 Å². The lowest BCUT2D eigenvalue weighted by Gasteiger charge is -2.09. The van der Waals surface area contributed by atoms with Crippen LogP contribution in [0.4, 0.5) is 0 Å². The topological polar surface area (TPSA) is 93.2 Å². The normalized spacial score (nSPS) is 11.0. The number of para-hydroxylation sites is 1. The lowest BCUT2D eigenvalue weighted by molar-refractivity contribution is 0.0951. The average molecular weight is 428 g/mol. The Labute approximate surface area is 182 Å². The summed E-state index contributed by atoms with van der Waals surface area (Å²) in [6.07, 6.45) is 1.68. The van der Waals surface area contributed by atoms with Gasteiger partial charge < -0.3 is 14.2 Å². The molecule has 7 nitrogen and oxygen atoms in total. The molecule has 1 amide bonds. The van der Waals surface area contributed by atoms with Gasteiger partial charge in [-0.2, -0.15) is 4.98 Å². The smallest absolute Gasteiger partial charge is 0.293 e. The van der Waals surface area contributed by atoms with E-state index in [1.54, 1.807) is 12.3 Å². The first kappa shape index (κ1) is 19.0. The third-order valence-corrected chi connectivity index (χ3v) is 4.94. The molecule has 0 aliphatic rings. The molecular formula is C23H16N4O3S. The molecule has 0 bridgehead atoms. The lowest BCUT2D eigenvalue weighted by atomic mass is 10.1. The number of hydrogen-bond acceptors (Lipinski definition) is 6. The predicted octanol–water partition coefficient (Wildman–Crippen LogP) is 4.44. The van der Waals surface area contributed by atoms with Gasteiger partial charge in [0.15, 0.2) is 22.1 Å². The summed E-state index contributed by atoms with van der Waals surface area (Å²) >= 11 is 5.23. The van der Waals surface area contributed by atoms with Crippen LogP contribution in [0.15, 0.2) is 81.8 Å². The van der Waals surface area contributed by atoms with E-state index in [4.69, 9.17) is 21.1 Å². The van der Waals surface area contributed by atoms with Crippen molar-refractivity contribution in [3.05, 3.63) is 84.3 Å². The molecule has 3 heterocycles. The van der Waals surface area contributed by atoms with Crippen LogP contribution in [-0.2, 0) is 6.54 Å². The van der Waals surface area contributed by atoms with Crippen molar-refractivity contribution >= 4 is 45.4 Å². The molecule has 0 saturated carbocycles. The number of thiocarbonyl (C=S) groups is 1. The Bertz CT molecular complexity index is 1340. The van der Waals surface area contributed by atoms with Crippen molar-refractivity contribution in [1.82, 2.24) is 20.6 Å². The van der Waals surface area contributed by atoms with Crippen LogP contribution in [0, 0.1) is 0 Å². The van der Waals surface area contributed by atoms with E-state index >= 15 is 0 Å². The van der Waals surface area contributed by atoms with Crippen LogP contribution in [0.5, 0.6) is 0 Å². The Kier molecular flexibility index (Phi) is 4.89. The van der Waals surface area contributed by atoms with E-state index in [1.807, 2.05) is 60.7 Å². The number of hydrogen-bond donors (Lipinski definition) is 2. The maximum atomic E-state index is 12.4. The number of aromatic nitrogens is 2. The number of carbonyl (C=O) groups excluding carboxylic acids is 1. The van der Waals surface area contributed by atoms with E-state index in [-0.39, 0.29) is 10.9 Å². The van der Waals surface area contributed by atoms with Gasteiger partial charge in [-0.05, 0) is 54.2 Å². The Hall–Kier alpha value is -4.04. The second-order valence-corrected chi connectivity index (χ2v) is 7.23. The number of nitrogens with one attached hydrogen (secondary N) is 2. The Morgan fingerprint density at radius 3 is 2.58 bits per heavy atom. The van der Waals surface area contributed by atoms with Crippen molar-refractivity contribution in [3.8, 4) is 11.5 Å². The zero-order chi connectivity index (χ0) is 21.2. The molecule has 0 saturated heterocycles. The summed E-state index contributed by atoms with van der Waals surface area (Å²) in [7, 11) is 0. The van der Waals surface area contributed by atoms with Gasteiger partial charge in [0.25, 0.3) is 5.91 Å². The summed E-state index contributed by atoms with van der Waals surface area (Å²) in [6.45, 7) is 0.453. The van der Waals surface area contributed by atoms with Crippen molar-refractivity contribution < 1.29 is 13.6 Å². The van der Waals surface area contributed by atoms with Crippen LogP contribution < -0.4 is 10.6 Å². The first-order chi connectivity index (χ1) is 15.2. The number of carbonyl (C=O) groups is 1. The zero-order valence-electron chi connectivity index (χ0n) is 16.2. The van der Waals surface area contributed by atoms with Crippen LogP contribution in [0.1, 0.15) is 16.1 Å². The molecule has 0 spiro atoms. The molecule has 0 atom stereocenters. The summed E-state index contributed by atoms with van der Waals surface area (Å²) < 4.78 is 11.3. The Balaban J connectivity index is 1.19. The minimum absolute atomic E-state index is 0.211. The third-order valence-electron chi connectivity index (χ3n) is 4.70. The monoisotopic (exact) mass is 428 g/mol. The van der Waals surface area contributed by atoms with Gasteiger partial charge in [0.2, 0.25) is 5.89 Å². The molecule has 8 heteroatoms. The van der Waals surface area contributed by atoms with Crippen molar-refractivity contribution in [3.63, 3.8) is 0 Å². The van der Waals surface area contributed by atoms with Crippen LogP contribution in [0.3, 0.4) is 0 Å². The quantitative estimate of drug-likeness (QED) is 0.409. The van der Waals surface area contributed by atoms with E-state index in [2.05, 4.69) is 20.6 Å². The minimum Gasteiger partial charge on any atom is -0.451 e. The van der Waals surface area contributed by atoms with Crippen molar-refractivity contribution in [2.24, 2.45) is 0 Å². The molecule has 5 aromatic rings. The maximum Gasteiger partial charge on any atom is 0.293 e. The van der Waals surface area contributed by atoms with Crippen molar-refractivity contribution in [1.29, 1.82) is 0 Å². The molecule has 31 heavy (non-hydrogen) atoms. The minimum atomic E-state index is -0.395. The molecule has 3 aromatic heterocycles. The van der Waals surface area contributed by atoms with Crippen LogP contribution in [0.25, 0.3) is 33.7 Å². The van der Waals surface area contributed by atoms with Gasteiger partial charge in [-0.3, -0.25) is 10.1 Å². The van der Waals surface area contributed by atoms with Gasteiger partial charge in [-0.1, -0.05) is 30.3 Å². The van der Waals surface area contributed by atoms with Gasteiger partial charge in [0.05, 0.1) is 0 Å². The highest BCUT2D eigenvalue weighted by Crippen LogP contribution is 2.23. The highest BCUT2D eigenvalue weighted by molar-refractivity contribution is 7.80. The highest BCUT2D eigenvalue weighted by Gasteiger charge is 2.13. The van der Waals surface area contributed by atoms with E-state index in [9.17, 15) is 4.79 Å². The molecule has 0 aliphatic carbocycles. The summed E-state index contributed by atoms with van der Waals surface area (Å²) in [5.74, 6) is 0.331. The number of benzene rings is 2. The number of oxazole rings is 1. The summed E-state index contributed by atoms with van der Waals surface area (Å²) in [5, 5.41) is 6.74. The molecule has 0 aliphatic heterocycles. The number of fused-ring (bicyclic) bond motifs is 2. The van der Waals surface area contributed by atoms with Crippen molar-refractivity contribution in [2.75, 3.05) is 0 Å². The molecule has 152 valence electrons. The second-order valence-electron chi connectivity index (χ2n) is 6.83. The number of pyridine rings is 1. The van der Waals surface area contributed by atoms with Gasteiger partial charge in [0, 0.05) is 23.7 Å². The van der Waals surface area contributed by atoms with Gasteiger partial charge >= 0.3 is 0 Å². The fraction of sp³-hybridized carbons (Fsp3) is 0.0435. The van der Waals surface area contributed by atoms with Gasteiger partial charge in [-0.15, -0.1) is 0 Å². The lowest BCUT2D eigenvalue weighted by Crippen LogP contribution is -2.38. The second kappa shape index (κ2) is 8.00. The molecule has 0 unspecified atom stereocenters.